The van der Waals surface area contributed by atoms with E-state index >= 15 is 0 Å². The third-order valence-corrected chi connectivity index (χ3v) is 3.03. The molecule has 2 heterocycles. The van der Waals surface area contributed by atoms with Gasteiger partial charge in [-0.15, -0.1) is 0 Å². The van der Waals surface area contributed by atoms with Gasteiger partial charge in [0.15, 0.2) is 0 Å². The zero-order valence-corrected chi connectivity index (χ0v) is 11.1. The molecule has 0 fully saturated rings. The van der Waals surface area contributed by atoms with Crippen LogP contribution in [0.25, 0.3) is 6.08 Å². The number of pyridine rings is 1. The molecule has 2 N–H and O–H groups in total. The number of anilines is 1. The van der Waals surface area contributed by atoms with E-state index in [2.05, 4.69) is 14.9 Å². The van der Waals surface area contributed by atoms with Gasteiger partial charge in [-0.05, 0) is 23.8 Å². The fourth-order valence-corrected chi connectivity index (χ4v) is 2.12. The molecule has 0 unspecified atom stereocenters. The van der Waals surface area contributed by atoms with Gasteiger partial charge in [-0.25, -0.2) is 4.98 Å². The molecule has 94 valence electrons. The second-order valence-corrected chi connectivity index (χ2v) is 4.46. The third-order valence-electron chi connectivity index (χ3n) is 2.82. The van der Waals surface area contributed by atoms with E-state index in [0.29, 0.717) is 5.15 Å². The molecular formula is C13H15ClN4. The summed E-state index contributed by atoms with van der Waals surface area (Å²) in [5, 5.41) is 0.488. The van der Waals surface area contributed by atoms with Crippen LogP contribution in [-0.4, -0.2) is 31.8 Å². The Hall–Kier alpha value is -1.81. The van der Waals surface area contributed by atoms with Crippen LogP contribution in [0.4, 0.5) is 5.69 Å². The smallest absolute Gasteiger partial charge is 0.129 e. The highest BCUT2D eigenvalue weighted by molar-refractivity contribution is 6.29. The van der Waals surface area contributed by atoms with Gasteiger partial charge in [0.2, 0.25) is 0 Å². The number of nitrogens with two attached hydrogens (primary N) is 1. The molecule has 0 spiro atoms. The van der Waals surface area contributed by atoms with Crippen LogP contribution in [-0.2, 0) is 0 Å². The summed E-state index contributed by atoms with van der Waals surface area (Å²) in [6.45, 7) is 0.769. The minimum atomic E-state index is 0.488. The quantitative estimate of drug-likeness (QED) is 0.656. The Morgan fingerprint density at radius 3 is 3.00 bits per heavy atom. The number of fused-ring (bicyclic) bond motifs is 1. The Labute approximate surface area is 111 Å². The van der Waals surface area contributed by atoms with E-state index in [1.807, 2.05) is 19.2 Å². The largest absolute Gasteiger partial charge is 0.404 e. The lowest BCUT2D eigenvalue weighted by Crippen LogP contribution is -2.25. The summed E-state index contributed by atoms with van der Waals surface area (Å²) in [4.78, 5) is 10.4. The van der Waals surface area contributed by atoms with Crippen LogP contribution in [0.15, 0.2) is 34.5 Å². The molecule has 0 aliphatic carbocycles. The van der Waals surface area contributed by atoms with E-state index < -0.39 is 0 Å². The fraction of sp³-hybridized carbons (Fsp3) is 0.231. The molecular weight excluding hydrogens is 248 g/mol. The Morgan fingerprint density at radius 1 is 1.56 bits per heavy atom. The normalized spacial score (nSPS) is 15.8. The highest BCUT2D eigenvalue weighted by atomic mass is 35.5. The van der Waals surface area contributed by atoms with Gasteiger partial charge >= 0.3 is 0 Å². The van der Waals surface area contributed by atoms with E-state index in [0.717, 1.165) is 29.1 Å². The Bertz CT molecular complexity index is 546. The second kappa shape index (κ2) is 5.23. The molecule has 0 saturated carbocycles. The summed E-state index contributed by atoms with van der Waals surface area (Å²) in [6, 6.07) is 3.76. The number of halogens is 1. The zero-order valence-electron chi connectivity index (χ0n) is 10.4. The van der Waals surface area contributed by atoms with Gasteiger partial charge in [0.1, 0.15) is 5.15 Å². The van der Waals surface area contributed by atoms with Crippen molar-refractivity contribution in [1.29, 1.82) is 0 Å². The van der Waals surface area contributed by atoms with Gasteiger partial charge in [0, 0.05) is 38.6 Å². The number of aliphatic imine (C=N–C) groups is 1. The van der Waals surface area contributed by atoms with Crippen molar-refractivity contribution in [3.63, 3.8) is 0 Å². The average Bonchev–Trinajstić information content (AvgIpc) is 2.35. The SMILES string of the molecule is CN=CC(=CN)C1=Cc2nc(Cl)ccc2N(C)C1. The number of likely N-dealkylation sites (N-methyl/N-ethyl adjacent to an activating group) is 1. The van der Waals surface area contributed by atoms with Gasteiger partial charge < -0.3 is 10.6 Å². The van der Waals surface area contributed by atoms with Gasteiger partial charge in [0.25, 0.3) is 0 Å². The van der Waals surface area contributed by atoms with E-state index in [1.165, 1.54) is 0 Å². The van der Waals surface area contributed by atoms with Crippen molar-refractivity contribution >= 4 is 29.6 Å². The first-order valence-corrected chi connectivity index (χ1v) is 5.96. The van der Waals surface area contributed by atoms with E-state index in [1.54, 1.807) is 25.5 Å². The van der Waals surface area contributed by atoms with Crippen molar-refractivity contribution < 1.29 is 0 Å². The molecule has 0 atom stereocenters. The molecule has 0 radical (unpaired) electrons. The van der Waals surface area contributed by atoms with E-state index in [4.69, 9.17) is 17.3 Å². The monoisotopic (exact) mass is 262 g/mol. The molecule has 0 aromatic carbocycles. The molecule has 1 aliphatic heterocycles. The van der Waals surface area contributed by atoms with Crippen molar-refractivity contribution in [2.45, 2.75) is 0 Å². The van der Waals surface area contributed by atoms with Crippen LogP contribution < -0.4 is 10.6 Å². The molecule has 5 heteroatoms. The molecule has 0 amide bonds. The summed E-state index contributed by atoms with van der Waals surface area (Å²) in [5.74, 6) is 0. The van der Waals surface area contributed by atoms with E-state index in [-0.39, 0.29) is 0 Å². The third kappa shape index (κ3) is 2.38. The van der Waals surface area contributed by atoms with Crippen LogP contribution in [0.1, 0.15) is 5.69 Å². The van der Waals surface area contributed by atoms with Crippen molar-refractivity contribution in [1.82, 2.24) is 4.98 Å². The highest BCUT2D eigenvalue weighted by Crippen LogP contribution is 2.29. The lowest BCUT2D eigenvalue weighted by Gasteiger charge is -2.27. The van der Waals surface area contributed by atoms with Gasteiger partial charge in [0.05, 0.1) is 11.4 Å². The van der Waals surface area contributed by atoms with Gasteiger partial charge in [-0.2, -0.15) is 0 Å². The molecule has 4 nitrogen and oxygen atoms in total. The Kier molecular flexibility index (Phi) is 3.67. The molecule has 1 aromatic heterocycles. The zero-order chi connectivity index (χ0) is 13.1. The summed E-state index contributed by atoms with van der Waals surface area (Å²) in [7, 11) is 3.73. The molecule has 2 rings (SSSR count). The van der Waals surface area contributed by atoms with Crippen molar-refractivity contribution in [2.75, 3.05) is 25.5 Å². The topological polar surface area (TPSA) is 54.5 Å². The van der Waals surface area contributed by atoms with Crippen LogP contribution in [0.3, 0.4) is 0 Å². The number of hydrogen-bond donors (Lipinski definition) is 1. The van der Waals surface area contributed by atoms with Crippen molar-refractivity contribution in [3.05, 3.63) is 40.3 Å². The lowest BCUT2D eigenvalue weighted by atomic mass is 10.0. The van der Waals surface area contributed by atoms with Gasteiger partial charge in [-0.1, -0.05) is 11.6 Å². The Balaban J connectivity index is 2.48. The van der Waals surface area contributed by atoms with Crippen molar-refractivity contribution in [2.24, 2.45) is 10.7 Å². The van der Waals surface area contributed by atoms with Crippen molar-refractivity contribution in [3.8, 4) is 0 Å². The number of hydrogen-bond acceptors (Lipinski definition) is 4. The first kappa shape index (κ1) is 12.6. The molecule has 0 saturated heterocycles. The summed E-state index contributed by atoms with van der Waals surface area (Å²) >= 11 is 5.92. The van der Waals surface area contributed by atoms with Gasteiger partial charge in [-0.3, -0.25) is 4.99 Å². The molecule has 0 bridgehead atoms. The first-order chi connectivity index (χ1) is 8.65. The maximum atomic E-state index is 5.92. The number of aromatic nitrogens is 1. The van der Waals surface area contributed by atoms with E-state index in [9.17, 15) is 0 Å². The fourth-order valence-electron chi connectivity index (χ4n) is 1.97. The minimum Gasteiger partial charge on any atom is -0.404 e. The Morgan fingerprint density at radius 2 is 2.33 bits per heavy atom. The predicted molar refractivity (Wildman–Crippen MR) is 77.2 cm³/mol. The minimum absolute atomic E-state index is 0.488. The summed E-state index contributed by atoms with van der Waals surface area (Å²) in [6.07, 6.45) is 5.30. The average molecular weight is 263 g/mol. The molecule has 1 aromatic rings. The number of nitrogens with zero attached hydrogens (tertiary/aromatic N) is 3. The summed E-state index contributed by atoms with van der Waals surface area (Å²) in [5.41, 5.74) is 9.52. The predicted octanol–water partition coefficient (Wildman–Crippen LogP) is 2.11. The number of rotatable bonds is 2. The highest BCUT2D eigenvalue weighted by Gasteiger charge is 2.17. The molecule has 1 aliphatic rings. The maximum absolute atomic E-state index is 5.92. The lowest BCUT2D eigenvalue weighted by molar-refractivity contribution is 0.971. The van der Waals surface area contributed by atoms with Crippen LogP contribution in [0, 0.1) is 0 Å². The first-order valence-electron chi connectivity index (χ1n) is 5.58. The van der Waals surface area contributed by atoms with Crippen LogP contribution in [0.5, 0.6) is 0 Å². The maximum Gasteiger partial charge on any atom is 0.129 e. The second-order valence-electron chi connectivity index (χ2n) is 4.07. The van der Waals surface area contributed by atoms with Crippen LogP contribution >= 0.6 is 11.6 Å². The standard InChI is InChI=1S/C13H15ClN4/c1-16-7-10(6-15)9-5-11-12(18(2)8-9)3-4-13(14)17-11/h3-7H,8,15H2,1-2H3. The molecule has 18 heavy (non-hydrogen) atoms. The van der Waals surface area contributed by atoms with Crippen LogP contribution in [0.2, 0.25) is 5.15 Å². The summed E-state index contributed by atoms with van der Waals surface area (Å²) < 4.78 is 0.